The number of ether oxygens (including phenoxy) is 2. The lowest BCUT2D eigenvalue weighted by Crippen LogP contribution is -2.31. The number of rotatable bonds is 8. The minimum absolute atomic E-state index is 0.0152. The number of esters is 1. The zero-order chi connectivity index (χ0) is 19.8. The van der Waals surface area contributed by atoms with Crippen molar-refractivity contribution in [2.24, 2.45) is 0 Å². The Balaban J connectivity index is 1.73. The van der Waals surface area contributed by atoms with E-state index in [0.717, 1.165) is 6.07 Å². The molecule has 0 heterocycles. The van der Waals surface area contributed by atoms with Crippen LogP contribution in [0.5, 0.6) is 5.75 Å². The van der Waals surface area contributed by atoms with Gasteiger partial charge >= 0.3 is 5.97 Å². The molecule has 8 nitrogen and oxygen atoms in total. The molecule has 0 aliphatic carbocycles. The molecular formula is C17H14ClFN2O6. The van der Waals surface area contributed by atoms with Crippen LogP contribution in [0, 0.1) is 15.9 Å². The lowest BCUT2D eigenvalue weighted by atomic mass is 10.2. The van der Waals surface area contributed by atoms with Gasteiger partial charge in [-0.15, -0.1) is 0 Å². The quantitative estimate of drug-likeness (QED) is 0.318. The molecule has 2 aromatic rings. The Bertz CT molecular complexity index is 844. The Labute approximate surface area is 158 Å². The van der Waals surface area contributed by atoms with Crippen molar-refractivity contribution in [3.63, 3.8) is 0 Å². The van der Waals surface area contributed by atoms with Crippen molar-refractivity contribution in [3.8, 4) is 5.75 Å². The van der Waals surface area contributed by atoms with Crippen LogP contribution in [0.1, 0.15) is 10.4 Å². The summed E-state index contributed by atoms with van der Waals surface area (Å²) in [6, 6.07) is 8.87. The summed E-state index contributed by atoms with van der Waals surface area (Å²) >= 11 is 5.67. The van der Waals surface area contributed by atoms with Crippen LogP contribution in [0.25, 0.3) is 0 Å². The molecule has 0 aliphatic heterocycles. The maximum absolute atomic E-state index is 12.7. The highest BCUT2D eigenvalue weighted by Gasteiger charge is 2.16. The van der Waals surface area contributed by atoms with Gasteiger partial charge in [0.05, 0.1) is 4.92 Å². The van der Waals surface area contributed by atoms with Crippen LogP contribution in [0.4, 0.5) is 10.1 Å². The second-order valence-electron chi connectivity index (χ2n) is 5.13. The van der Waals surface area contributed by atoms with E-state index in [1.165, 1.54) is 36.4 Å². The van der Waals surface area contributed by atoms with Gasteiger partial charge in [-0.1, -0.05) is 11.6 Å². The summed E-state index contributed by atoms with van der Waals surface area (Å²) in [5.74, 6) is -1.37. The van der Waals surface area contributed by atoms with Crippen LogP contribution < -0.4 is 10.1 Å². The molecule has 0 saturated heterocycles. The highest BCUT2D eigenvalue weighted by atomic mass is 35.5. The summed E-state index contributed by atoms with van der Waals surface area (Å²) in [4.78, 5) is 33.6. The third-order valence-electron chi connectivity index (χ3n) is 3.23. The smallest absolute Gasteiger partial charge is 0.325 e. The molecule has 0 spiro atoms. The van der Waals surface area contributed by atoms with Crippen molar-refractivity contribution in [1.29, 1.82) is 0 Å². The van der Waals surface area contributed by atoms with Gasteiger partial charge in [0.1, 0.15) is 36.3 Å². The van der Waals surface area contributed by atoms with Gasteiger partial charge in [-0.3, -0.25) is 19.7 Å². The predicted octanol–water partition coefficient (Wildman–Crippen LogP) is 2.74. The van der Waals surface area contributed by atoms with Crippen molar-refractivity contribution in [2.75, 3.05) is 19.8 Å². The molecule has 0 fully saturated rings. The molecule has 1 amide bonds. The summed E-state index contributed by atoms with van der Waals surface area (Å²) in [6.45, 7) is -0.445. The van der Waals surface area contributed by atoms with Gasteiger partial charge in [-0.05, 0) is 36.4 Å². The average Bonchev–Trinajstić information content (AvgIpc) is 2.64. The molecule has 0 aliphatic rings. The largest absolute Gasteiger partial charge is 0.490 e. The first-order valence-electron chi connectivity index (χ1n) is 7.63. The first-order chi connectivity index (χ1) is 12.9. The average molecular weight is 397 g/mol. The maximum atomic E-state index is 12.7. The number of nitrogens with zero attached hydrogens (tertiary/aromatic N) is 1. The topological polar surface area (TPSA) is 108 Å². The van der Waals surface area contributed by atoms with E-state index in [0.29, 0.717) is 5.75 Å². The molecule has 142 valence electrons. The summed E-state index contributed by atoms with van der Waals surface area (Å²) in [5, 5.41) is 13.0. The van der Waals surface area contributed by atoms with Crippen LogP contribution in [0.3, 0.4) is 0 Å². The molecule has 0 aromatic heterocycles. The number of nitro benzene ring substituents is 1. The third-order valence-corrected chi connectivity index (χ3v) is 3.55. The highest BCUT2D eigenvalue weighted by molar-refractivity contribution is 6.32. The van der Waals surface area contributed by atoms with Crippen molar-refractivity contribution in [3.05, 3.63) is 69.0 Å². The van der Waals surface area contributed by atoms with E-state index in [9.17, 15) is 24.1 Å². The van der Waals surface area contributed by atoms with E-state index in [4.69, 9.17) is 21.1 Å². The van der Waals surface area contributed by atoms with E-state index in [1.807, 2.05) is 0 Å². The molecule has 0 bridgehead atoms. The van der Waals surface area contributed by atoms with Crippen LogP contribution in [-0.4, -0.2) is 36.6 Å². The van der Waals surface area contributed by atoms with E-state index in [2.05, 4.69) is 5.32 Å². The number of carbonyl (C=O) groups excluding carboxylic acids is 2. The molecule has 10 heteroatoms. The number of halogens is 2. The van der Waals surface area contributed by atoms with E-state index in [1.54, 1.807) is 0 Å². The van der Waals surface area contributed by atoms with E-state index >= 15 is 0 Å². The summed E-state index contributed by atoms with van der Waals surface area (Å²) in [5.41, 5.74) is -0.427. The standard InChI is InChI=1S/C17H14ClFN2O6/c18-14-6-1-11(9-15(14)21(24)25)17(23)20-10-16(22)27-8-7-26-13-4-2-12(19)3-5-13/h1-6,9H,7-8,10H2,(H,20,23). The van der Waals surface area contributed by atoms with Crippen LogP contribution in [0.15, 0.2) is 42.5 Å². The fraction of sp³-hybridized carbons (Fsp3) is 0.176. The Hall–Kier alpha value is -3.20. The molecular weight excluding hydrogens is 383 g/mol. The van der Waals surface area contributed by atoms with E-state index in [-0.39, 0.29) is 23.8 Å². The first kappa shape index (κ1) is 20.1. The van der Waals surface area contributed by atoms with Crippen molar-refractivity contribution in [1.82, 2.24) is 5.32 Å². The Morgan fingerprint density at radius 1 is 1.15 bits per heavy atom. The Kier molecular flexibility index (Phi) is 7.07. The number of nitro groups is 1. The van der Waals surface area contributed by atoms with Crippen molar-refractivity contribution < 1.29 is 28.4 Å². The van der Waals surface area contributed by atoms with Gasteiger partial charge in [-0.2, -0.15) is 0 Å². The second kappa shape index (κ2) is 9.48. The molecule has 0 unspecified atom stereocenters. The molecule has 27 heavy (non-hydrogen) atoms. The summed E-state index contributed by atoms with van der Waals surface area (Å²) in [7, 11) is 0. The summed E-state index contributed by atoms with van der Waals surface area (Å²) < 4.78 is 22.9. The molecule has 2 rings (SSSR count). The fourth-order valence-corrected chi connectivity index (χ4v) is 2.13. The SMILES string of the molecule is O=C(CNC(=O)c1ccc(Cl)c([N+](=O)[O-])c1)OCCOc1ccc(F)cc1. The number of carbonyl (C=O) groups is 2. The predicted molar refractivity (Wildman–Crippen MR) is 93.3 cm³/mol. The van der Waals surface area contributed by atoms with Crippen LogP contribution in [-0.2, 0) is 9.53 Å². The van der Waals surface area contributed by atoms with Crippen molar-refractivity contribution in [2.45, 2.75) is 0 Å². The van der Waals surface area contributed by atoms with Gasteiger partial charge in [-0.25, -0.2) is 4.39 Å². The monoisotopic (exact) mass is 396 g/mol. The Morgan fingerprint density at radius 3 is 2.52 bits per heavy atom. The molecule has 0 atom stereocenters. The van der Waals surface area contributed by atoms with Crippen LogP contribution >= 0.6 is 11.6 Å². The Morgan fingerprint density at radius 2 is 1.85 bits per heavy atom. The zero-order valence-electron chi connectivity index (χ0n) is 13.8. The van der Waals surface area contributed by atoms with Crippen molar-refractivity contribution >= 4 is 29.2 Å². The number of benzene rings is 2. The molecule has 1 N–H and O–H groups in total. The maximum Gasteiger partial charge on any atom is 0.325 e. The molecule has 0 saturated carbocycles. The zero-order valence-corrected chi connectivity index (χ0v) is 14.6. The minimum atomic E-state index is -0.714. The number of amides is 1. The first-order valence-corrected chi connectivity index (χ1v) is 8.01. The third kappa shape index (κ3) is 6.23. The van der Waals surface area contributed by atoms with Gasteiger partial charge < -0.3 is 14.8 Å². The minimum Gasteiger partial charge on any atom is -0.490 e. The van der Waals surface area contributed by atoms with Gasteiger partial charge in [0.15, 0.2) is 0 Å². The highest BCUT2D eigenvalue weighted by Crippen LogP contribution is 2.24. The van der Waals surface area contributed by atoms with E-state index < -0.39 is 34.8 Å². The summed E-state index contributed by atoms with van der Waals surface area (Å²) in [6.07, 6.45) is 0. The number of hydrogen-bond acceptors (Lipinski definition) is 6. The van der Waals surface area contributed by atoms with Gasteiger partial charge in [0, 0.05) is 11.6 Å². The molecule has 2 aromatic carbocycles. The van der Waals surface area contributed by atoms with Gasteiger partial charge in [0.25, 0.3) is 11.6 Å². The van der Waals surface area contributed by atoms with Gasteiger partial charge in [0.2, 0.25) is 0 Å². The lowest BCUT2D eigenvalue weighted by molar-refractivity contribution is -0.384. The normalized spacial score (nSPS) is 10.1. The van der Waals surface area contributed by atoms with Crippen LogP contribution in [0.2, 0.25) is 5.02 Å². The lowest BCUT2D eigenvalue weighted by Gasteiger charge is -2.08. The molecule has 0 radical (unpaired) electrons. The number of nitrogens with one attached hydrogen (secondary N) is 1. The second-order valence-corrected chi connectivity index (χ2v) is 5.54. The number of hydrogen-bond donors (Lipinski definition) is 1. The fourth-order valence-electron chi connectivity index (χ4n) is 1.95.